The summed E-state index contributed by atoms with van der Waals surface area (Å²) in [6.45, 7) is 4.16. The number of ketones is 1. The van der Waals surface area contributed by atoms with Crippen LogP contribution in [0.4, 0.5) is 17.6 Å². The van der Waals surface area contributed by atoms with Crippen LogP contribution in [0.15, 0.2) is 24.3 Å². The summed E-state index contributed by atoms with van der Waals surface area (Å²) in [6.07, 6.45) is -3.20. The second kappa shape index (κ2) is 10.0. The number of hydrogen-bond acceptors (Lipinski definition) is 3. The van der Waals surface area contributed by atoms with Crippen molar-refractivity contribution in [3.05, 3.63) is 35.6 Å². The van der Waals surface area contributed by atoms with Gasteiger partial charge in [0, 0.05) is 6.42 Å². The normalized spacial score (nSPS) is 12.3. The first-order valence-corrected chi connectivity index (χ1v) is 7.26. The molecule has 0 amide bonds. The van der Waals surface area contributed by atoms with Crippen molar-refractivity contribution in [3.63, 3.8) is 0 Å². The molecule has 136 valence electrons. The van der Waals surface area contributed by atoms with E-state index < -0.39 is 18.2 Å². The van der Waals surface area contributed by atoms with E-state index in [4.69, 9.17) is 15.6 Å². The SMILES string of the molecule is CC(C)CCC(=O)[C@@H](N)Cc1ccc(F)cc1.O=C(O)C(F)(F)F. The molecule has 0 aromatic heterocycles. The molecule has 1 aromatic carbocycles. The molecule has 0 aliphatic rings. The number of alkyl halides is 3. The van der Waals surface area contributed by atoms with Crippen LogP contribution in [-0.2, 0) is 16.0 Å². The fourth-order valence-corrected chi connectivity index (χ4v) is 1.60. The van der Waals surface area contributed by atoms with Crippen molar-refractivity contribution in [2.75, 3.05) is 0 Å². The smallest absolute Gasteiger partial charge is 0.475 e. The molecule has 4 nitrogen and oxygen atoms in total. The van der Waals surface area contributed by atoms with Crippen LogP contribution in [0.2, 0.25) is 0 Å². The zero-order valence-electron chi connectivity index (χ0n) is 13.4. The van der Waals surface area contributed by atoms with Gasteiger partial charge in [-0.05, 0) is 36.5 Å². The Bertz CT molecular complexity index is 527. The number of carboxylic acid groups (broad SMARTS) is 1. The standard InChI is InChI=1S/C14H20FNO.C2HF3O2/c1-10(2)3-8-14(17)13(16)9-11-4-6-12(15)7-5-11;3-2(4,5)1(6)7/h4-7,10,13H,3,8-9,16H2,1-2H3;(H,6,7)/t13-;/m0./s1. The van der Waals surface area contributed by atoms with E-state index in [1.54, 1.807) is 12.1 Å². The molecule has 0 saturated heterocycles. The molecular formula is C16H21F4NO3. The fourth-order valence-electron chi connectivity index (χ4n) is 1.60. The van der Waals surface area contributed by atoms with Crippen molar-refractivity contribution in [2.24, 2.45) is 11.7 Å². The first-order chi connectivity index (χ1) is 10.9. The largest absolute Gasteiger partial charge is 0.490 e. The number of aliphatic carboxylic acids is 1. The second-order valence-electron chi connectivity index (χ2n) is 5.64. The van der Waals surface area contributed by atoms with Crippen molar-refractivity contribution in [1.82, 2.24) is 0 Å². The van der Waals surface area contributed by atoms with E-state index in [-0.39, 0.29) is 11.6 Å². The van der Waals surface area contributed by atoms with Crippen LogP contribution in [-0.4, -0.2) is 29.1 Å². The monoisotopic (exact) mass is 351 g/mol. The molecular weight excluding hydrogens is 330 g/mol. The number of nitrogens with two attached hydrogens (primary N) is 1. The molecule has 0 fully saturated rings. The van der Waals surface area contributed by atoms with E-state index in [1.807, 2.05) is 0 Å². The van der Waals surface area contributed by atoms with Gasteiger partial charge < -0.3 is 10.8 Å². The minimum atomic E-state index is -5.08. The van der Waals surface area contributed by atoms with Crippen LogP contribution in [0.1, 0.15) is 32.3 Å². The van der Waals surface area contributed by atoms with Gasteiger partial charge in [0.05, 0.1) is 6.04 Å². The Kier molecular flexibility index (Phi) is 9.20. The maximum Gasteiger partial charge on any atom is 0.490 e. The maximum atomic E-state index is 12.7. The molecule has 0 aliphatic heterocycles. The van der Waals surface area contributed by atoms with Crippen molar-refractivity contribution < 1.29 is 32.3 Å². The van der Waals surface area contributed by atoms with Crippen LogP contribution in [0.3, 0.4) is 0 Å². The molecule has 8 heteroatoms. The third kappa shape index (κ3) is 9.94. The minimum absolute atomic E-state index is 0.0861. The lowest BCUT2D eigenvalue weighted by atomic mass is 9.98. The zero-order chi connectivity index (χ0) is 18.9. The van der Waals surface area contributed by atoms with Gasteiger partial charge in [0.25, 0.3) is 0 Å². The quantitative estimate of drug-likeness (QED) is 0.771. The van der Waals surface area contributed by atoms with Gasteiger partial charge in [-0.3, -0.25) is 4.79 Å². The molecule has 3 N–H and O–H groups in total. The Hall–Kier alpha value is -1.96. The number of benzene rings is 1. The van der Waals surface area contributed by atoms with Gasteiger partial charge in [-0.2, -0.15) is 13.2 Å². The van der Waals surface area contributed by atoms with Crippen LogP contribution >= 0.6 is 0 Å². The highest BCUT2D eigenvalue weighted by Gasteiger charge is 2.38. The van der Waals surface area contributed by atoms with Gasteiger partial charge in [0.2, 0.25) is 0 Å². The fraction of sp³-hybridized carbons (Fsp3) is 0.500. The molecule has 1 aromatic rings. The van der Waals surface area contributed by atoms with Crippen molar-refractivity contribution in [1.29, 1.82) is 0 Å². The highest BCUT2D eigenvalue weighted by molar-refractivity contribution is 5.84. The summed E-state index contributed by atoms with van der Waals surface area (Å²) in [5, 5.41) is 7.12. The lowest BCUT2D eigenvalue weighted by Crippen LogP contribution is -2.32. The lowest BCUT2D eigenvalue weighted by Gasteiger charge is -2.11. The van der Waals surface area contributed by atoms with E-state index in [9.17, 15) is 22.4 Å². The average molecular weight is 351 g/mol. The average Bonchev–Trinajstić information content (AvgIpc) is 2.46. The predicted octanol–water partition coefficient (Wildman–Crippen LogP) is 3.33. The van der Waals surface area contributed by atoms with E-state index in [1.165, 1.54) is 12.1 Å². The van der Waals surface area contributed by atoms with Gasteiger partial charge in [0.1, 0.15) is 11.6 Å². The summed E-state index contributed by atoms with van der Waals surface area (Å²) in [4.78, 5) is 20.6. The van der Waals surface area contributed by atoms with E-state index in [0.717, 1.165) is 12.0 Å². The third-order valence-electron chi connectivity index (χ3n) is 2.99. The predicted molar refractivity (Wildman–Crippen MR) is 80.8 cm³/mol. The number of Topliss-reactive ketones (excluding diaryl/α,β-unsaturated/α-hetero) is 1. The molecule has 0 saturated carbocycles. The lowest BCUT2D eigenvalue weighted by molar-refractivity contribution is -0.192. The van der Waals surface area contributed by atoms with Gasteiger partial charge in [-0.25, -0.2) is 9.18 Å². The number of rotatable bonds is 6. The second-order valence-corrected chi connectivity index (χ2v) is 5.64. The summed E-state index contributed by atoms with van der Waals surface area (Å²) in [6, 6.07) is 5.65. The Morgan fingerprint density at radius 3 is 2.00 bits per heavy atom. The topological polar surface area (TPSA) is 80.4 Å². The van der Waals surface area contributed by atoms with Crippen LogP contribution < -0.4 is 5.73 Å². The van der Waals surface area contributed by atoms with Crippen molar-refractivity contribution in [3.8, 4) is 0 Å². The summed E-state index contributed by atoms with van der Waals surface area (Å²) >= 11 is 0. The molecule has 0 bridgehead atoms. The molecule has 0 aliphatic carbocycles. The molecule has 0 unspecified atom stereocenters. The van der Waals surface area contributed by atoms with Crippen molar-refractivity contribution in [2.45, 2.75) is 45.3 Å². The number of carbonyl (C=O) groups excluding carboxylic acids is 1. The van der Waals surface area contributed by atoms with Crippen LogP contribution in [0, 0.1) is 11.7 Å². The minimum Gasteiger partial charge on any atom is -0.475 e. The summed E-state index contributed by atoms with van der Waals surface area (Å²) in [5.74, 6) is -2.43. The van der Waals surface area contributed by atoms with Gasteiger partial charge in [-0.15, -0.1) is 0 Å². The molecule has 0 spiro atoms. The van der Waals surface area contributed by atoms with Crippen molar-refractivity contribution >= 4 is 11.8 Å². The first kappa shape index (κ1) is 22.0. The molecule has 1 rings (SSSR count). The third-order valence-corrected chi connectivity index (χ3v) is 2.99. The van der Waals surface area contributed by atoms with E-state index in [0.29, 0.717) is 18.8 Å². The van der Waals surface area contributed by atoms with Gasteiger partial charge in [-0.1, -0.05) is 26.0 Å². The molecule has 24 heavy (non-hydrogen) atoms. The number of carboxylic acids is 1. The van der Waals surface area contributed by atoms with Gasteiger partial charge in [0.15, 0.2) is 0 Å². The number of carbonyl (C=O) groups is 2. The van der Waals surface area contributed by atoms with Crippen LogP contribution in [0.5, 0.6) is 0 Å². The summed E-state index contributed by atoms with van der Waals surface area (Å²) in [5.41, 5.74) is 6.73. The molecule has 0 heterocycles. The Morgan fingerprint density at radius 2 is 1.62 bits per heavy atom. The Labute approximate surface area is 137 Å². The maximum absolute atomic E-state index is 12.7. The first-order valence-electron chi connectivity index (χ1n) is 7.26. The van der Waals surface area contributed by atoms with E-state index in [2.05, 4.69) is 13.8 Å². The van der Waals surface area contributed by atoms with Gasteiger partial charge >= 0.3 is 12.1 Å². The summed E-state index contributed by atoms with van der Waals surface area (Å²) in [7, 11) is 0. The highest BCUT2D eigenvalue weighted by Crippen LogP contribution is 2.13. The molecule has 1 atom stereocenters. The van der Waals surface area contributed by atoms with E-state index >= 15 is 0 Å². The number of halogens is 4. The summed E-state index contributed by atoms with van der Waals surface area (Å²) < 4.78 is 44.4. The van der Waals surface area contributed by atoms with Crippen LogP contribution in [0.25, 0.3) is 0 Å². The Morgan fingerprint density at radius 1 is 1.17 bits per heavy atom. The number of hydrogen-bond donors (Lipinski definition) is 2. The zero-order valence-corrected chi connectivity index (χ0v) is 13.4. The Balaban J connectivity index is 0.000000640. The highest BCUT2D eigenvalue weighted by atomic mass is 19.4. The molecule has 0 radical (unpaired) electrons.